The van der Waals surface area contributed by atoms with E-state index in [1.165, 1.54) is 6.42 Å². The second-order valence-corrected chi connectivity index (χ2v) is 5.20. The Morgan fingerprint density at radius 1 is 1.55 bits per heavy atom. The molecular weight excluding hydrogens is 299 g/mol. The monoisotopic (exact) mass is 318 g/mol. The molecule has 2 rings (SSSR count). The van der Waals surface area contributed by atoms with E-state index in [0.29, 0.717) is 28.8 Å². The number of hydrogen-bond donors (Lipinski definition) is 2. The van der Waals surface area contributed by atoms with Gasteiger partial charge in [0.25, 0.3) is 0 Å². The van der Waals surface area contributed by atoms with Gasteiger partial charge in [0, 0.05) is 12.1 Å². The number of anilines is 1. The number of nitrogens with one attached hydrogen (secondary N) is 2. The van der Waals surface area contributed by atoms with E-state index in [0.717, 1.165) is 19.5 Å². The number of rotatable bonds is 5. The molecule has 0 aromatic heterocycles. The molecule has 4 nitrogen and oxygen atoms in total. The van der Waals surface area contributed by atoms with Gasteiger partial charge < -0.3 is 15.4 Å². The van der Waals surface area contributed by atoms with Gasteiger partial charge >= 0.3 is 0 Å². The summed E-state index contributed by atoms with van der Waals surface area (Å²) in [5.41, 5.74) is 0.709. The summed E-state index contributed by atoms with van der Waals surface area (Å²) in [6.45, 7) is 2.10. The number of amides is 1. The summed E-state index contributed by atoms with van der Waals surface area (Å²) in [6.07, 6.45) is 2.65. The summed E-state index contributed by atoms with van der Waals surface area (Å²) in [7, 11) is 1.56. The number of methoxy groups -OCH3 is 1. The zero-order valence-electron chi connectivity index (χ0n) is 11.4. The van der Waals surface area contributed by atoms with Crippen LogP contribution in [0.15, 0.2) is 18.2 Å². The van der Waals surface area contributed by atoms with E-state index in [1.54, 1.807) is 25.3 Å². The molecule has 1 aliphatic rings. The molecule has 1 saturated heterocycles. The first-order valence-electron chi connectivity index (χ1n) is 6.53. The lowest BCUT2D eigenvalue weighted by atomic mass is 10.0. The van der Waals surface area contributed by atoms with Crippen LogP contribution >= 0.6 is 24.0 Å². The van der Waals surface area contributed by atoms with Crippen LogP contribution in [0, 0.1) is 5.92 Å². The average Bonchev–Trinajstić information content (AvgIpc) is 2.90. The Bertz CT molecular complexity index is 449. The van der Waals surface area contributed by atoms with Crippen LogP contribution in [0.25, 0.3) is 0 Å². The third-order valence-corrected chi connectivity index (χ3v) is 3.67. The SMILES string of the molecule is COc1ccc(NC(=O)CCC2CCNC2)cc1Cl.Cl. The van der Waals surface area contributed by atoms with Crippen molar-refractivity contribution in [2.24, 2.45) is 5.92 Å². The van der Waals surface area contributed by atoms with E-state index in [9.17, 15) is 4.79 Å². The molecule has 2 N–H and O–H groups in total. The highest BCUT2D eigenvalue weighted by atomic mass is 35.5. The van der Waals surface area contributed by atoms with E-state index < -0.39 is 0 Å². The fourth-order valence-electron chi connectivity index (χ4n) is 2.26. The molecule has 20 heavy (non-hydrogen) atoms. The third kappa shape index (κ3) is 4.85. The molecule has 0 aliphatic carbocycles. The van der Waals surface area contributed by atoms with Crippen molar-refractivity contribution in [3.05, 3.63) is 23.2 Å². The molecule has 1 fully saturated rings. The van der Waals surface area contributed by atoms with Gasteiger partial charge in [-0.05, 0) is 50.0 Å². The third-order valence-electron chi connectivity index (χ3n) is 3.38. The van der Waals surface area contributed by atoms with Gasteiger partial charge in [-0.15, -0.1) is 12.4 Å². The molecule has 1 aromatic carbocycles. The Labute approximate surface area is 130 Å². The molecule has 1 atom stereocenters. The summed E-state index contributed by atoms with van der Waals surface area (Å²) in [4.78, 5) is 11.8. The van der Waals surface area contributed by atoms with Gasteiger partial charge in [0.05, 0.1) is 12.1 Å². The molecule has 112 valence electrons. The lowest BCUT2D eigenvalue weighted by molar-refractivity contribution is -0.116. The first-order valence-corrected chi connectivity index (χ1v) is 6.91. The summed E-state index contributed by atoms with van der Waals surface area (Å²) in [6, 6.07) is 5.24. The van der Waals surface area contributed by atoms with Crippen molar-refractivity contribution < 1.29 is 9.53 Å². The van der Waals surface area contributed by atoms with Crippen molar-refractivity contribution in [3.63, 3.8) is 0 Å². The number of benzene rings is 1. The number of ether oxygens (including phenoxy) is 1. The Morgan fingerprint density at radius 2 is 2.35 bits per heavy atom. The van der Waals surface area contributed by atoms with Crippen molar-refractivity contribution in [3.8, 4) is 5.75 Å². The zero-order valence-corrected chi connectivity index (χ0v) is 13.0. The van der Waals surface area contributed by atoms with Gasteiger partial charge in [-0.1, -0.05) is 11.6 Å². The number of hydrogen-bond acceptors (Lipinski definition) is 3. The Hall–Kier alpha value is -0.970. The van der Waals surface area contributed by atoms with Crippen LogP contribution < -0.4 is 15.4 Å². The van der Waals surface area contributed by atoms with Gasteiger partial charge in [-0.3, -0.25) is 4.79 Å². The maximum absolute atomic E-state index is 11.8. The summed E-state index contributed by atoms with van der Waals surface area (Å²) < 4.78 is 5.07. The van der Waals surface area contributed by atoms with Crippen LogP contribution in [-0.4, -0.2) is 26.1 Å². The van der Waals surface area contributed by atoms with Crippen molar-refractivity contribution in [1.29, 1.82) is 0 Å². The second-order valence-electron chi connectivity index (χ2n) is 4.80. The molecule has 6 heteroatoms. The van der Waals surface area contributed by atoms with Gasteiger partial charge in [0.15, 0.2) is 0 Å². The molecule has 0 spiro atoms. The van der Waals surface area contributed by atoms with Crippen molar-refractivity contribution in [2.45, 2.75) is 19.3 Å². The molecule has 1 amide bonds. The smallest absolute Gasteiger partial charge is 0.224 e. The summed E-state index contributed by atoms with van der Waals surface area (Å²) in [5, 5.41) is 6.66. The molecule has 1 aromatic rings. The quantitative estimate of drug-likeness (QED) is 0.877. The largest absolute Gasteiger partial charge is 0.495 e. The highest BCUT2D eigenvalue weighted by Gasteiger charge is 2.15. The van der Waals surface area contributed by atoms with Gasteiger partial charge in [-0.25, -0.2) is 0 Å². The van der Waals surface area contributed by atoms with E-state index in [2.05, 4.69) is 10.6 Å². The van der Waals surface area contributed by atoms with Crippen LogP contribution in [0.1, 0.15) is 19.3 Å². The number of halogens is 2. The standard InChI is InChI=1S/C14H19ClN2O2.ClH/c1-19-13-4-3-11(8-12(13)15)17-14(18)5-2-10-6-7-16-9-10;/h3-4,8,10,16H,2,5-7,9H2,1H3,(H,17,18);1H. The Balaban J connectivity index is 0.00000200. The Morgan fingerprint density at radius 3 is 2.95 bits per heavy atom. The highest BCUT2D eigenvalue weighted by molar-refractivity contribution is 6.32. The van der Waals surface area contributed by atoms with Crippen LogP contribution in [0.4, 0.5) is 5.69 Å². The molecule has 1 aliphatic heterocycles. The predicted octanol–water partition coefficient (Wildman–Crippen LogP) is 3.10. The van der Waals surface area contributed by atoms with Gasteiger partial charge in [-0.2, -0.15) is 0 Å². The van der Waals surface area contributed by atoms with Crippen LogP contribution in [-0.2, 0) is 4.79 Å². The minimum Gasteiger partial charge on any atom is -0.495 e. The fourth-order valence-corrected chi connectivity index (χ4v) is 2.52. The average molecular weight is 319 g/mol. The van der Waals surface area contributed by atoms with Crippen LogP contribution in [0.2, 0.25) is 5.02 Å². The van der Waals surface area contributed by atoms with Crippen molar-refractivity contribution >= 4 is 35.6 Å². The minimum atomic E-state index is 0. The van der Waals surface area contributed by atoms with Gasteiger partial charge in [0.1, 0.15) is 5.75 Å². The highest BCUT2D eigenvalue weighted by Crippen LogP contribution is 2.27. The molecule has 0 radical (unpaired) electrons. The first-order chi connectivity index (χ1) is 9.19. The predicted molar refractivity (Wildman–Crippen MR) is 84.1 cm³/mol. The normalized spacial score (nSPS) is 17.4. The van der Waals surface area contributed by atoms with E-state index >= 15 is 0 Å². The maximum atomic E-state index is 11.8. The fraction of sp³-hybridized carbons (Fsp3) is 0.500. The molecule has 1 heterocycles. The van der Waals surface area contributed by atoms with E-state index in [-0.39, 0.29) is 18.3 Å². The number of carbonyl (C=O) groups is 1. The molecule has 1 unspecified atom stereocenters. The van der Waals surface area contributed by atoms with Crippen molar-refractivity contribution in [2.75, 3.05) is 25.5 Å². The maximum Gasteiger partial charge on any atom is 0.224 e. The van der Waals surface area contributed by atoms with Crippen LogP contribution in [0.3, 0.4) is 0 Å². The topological polar surface area (TPSA) is 50.4 Å². The molecule has 0 bridgehead atoms. The van der Waals surface area contributed by atoms with Crippen LogP contribution in [0.5, 0.6) is 5.75 Å². The first kappa shape index (κ1) is 17.1. The van der Waals surface area contributed by atoms with E-state index in [4.69, 9.17) is 16.3 Å². The summed E-state index contributed by atoms with van der Waals surface area (Å²) >= 11 is 6.01. The lowest BCUT2D eigenvalue weighted by Gasteiger charge is -2.10. The van der Waals surface area contributed by atoms with E-state index in [1.807, 2.05) is 0 Å². The zero-order chi connectivity index (χ0) is 13.7. The molecular formula is C14H20Cl2N2O2. The minimum absolute atomic E-state index is 0. The van der Waals surface area contributed by atoms with Gasteiger partial charge in [0.2, 0.25) is 5.91 Å². The molecule has 0 saturated carbocycles. The number of carbonyl (C=O) groups excluding carboxylic acids is 1. The second kappa shape index (κ2) is 8.35. The lowest BCUT2D eigenvalue weighted by Crippen LogP contribution is -2.15. The summed E-state index contributed by atoms with van der Waals surface area (Å²) in [5.74, 6) is 1.27. The Kier molecular flexibility index (Phi) is 7.13. The van der Waals surface area contributed by atoms with Crippen molar-refractivity contribution in [1.82, 2.24) is 5.32 Å².